The Balaban J connectivity index is 2.72. The molecule has 0 unspecified atom stereocenters. The first-order valence-corrected chi connectivity index (χ1v) is 9.12. The maximum Gasteiger partial charge on any atom is 0.242 e. The smallest absolute Gasteiger partial charge is 0.242 e. The van der Waals surface area contributed by atoms with Gasteiger partial charge in [-0.2, -0.15) is 0 Å². The average molecular weight is 344 g/mol. The summed E-state index contributed by atoms with van der Waals surface area (Å²) in [6.45, 7) is 2.25. The van der Waals surface area contributed by atoms with Gasteiger partial charge in [0, 0.05) is 25.9 Å². The summed E-state index contributed by atoms with van der Waals surface area (Å²) in [5.41, 5.74) is 6.71. The fourth-order valence-corrected chi connectivity index (χ4v) is 3.27. The Morgan fingerprint density at radius 2 is 1.96 bits per heavy atom. The number of hydrogen-bond acceptors (Lipinski definition) is 6. The first-order chi connectivity index (χ1) is 10.9. The van der Waals surface area contributed by atoms with E-state index in [0.717, 1.165) is 19.4 Å². The van der Waals surface area contributed by atoms with Crippen molar-refractivity contribution in [3.8, 4) is 0 Å². The summed E-state index contributed by atoms with van der Waals surface area (Å²) in [4.78, 5) is 2.29. The number of unbranched alkanes of at least 4 members (excludes halogenated alkanes) is 1. The van der Waals surface area contributed by atoms with Crippen molar-refractivity contribution in [2.24, 2.45) is 0 Å². The molecule has 23 heavy (non-hydrogen) atoms. The highest BCUT2D eigenvalue weighted by Gasteiger charge is 2.18. The molecule has 1 rings (SSSR count). The van der Waals surface area contributed by atoms with E-state index >= 15 is 0 Å². The zero-order valence-electron chi connectivity index (χ0n) is 14.1. The largest absolute Gasteiger partial charge is 0.399 e. The summed E-state index contributed by atoms with van der Waals surface area (Å²) in [6.07, 6.45) is 2.00. The number of hydrogen-bond donors (Lipinski definition) is 3. The molecule has 4 N–H and O–H groups in total. The third kappa shape index (κ3) is 7.17. The minimum atomic E-state index is -3.62. The van der Waals surface area contributed by atoms with Crippen molar-refractivity contribution in [2.75, 3.05) is 58.5 Å². The Bertz CT molecular complexity index is 576. The van der Waals surface area contributed by atoms with Gasteiger partial charge in [0.25, 0.3) is 0 Å². The second-order valence-electron chi connectivity index (χ2n) is 5.58. The molecule has 0 heterocycles. The van der Waals surface area contributed by atoms with E-state index in [1.54, 1.807) is 12.1 Å². The summed E-state index contributed by atoms with van der Waals surface area (Å²) in [5.74, 6) is 0. The Morgan fingerprint density at radius 3 is 2.61 bits per heavy atom. The van der Waals surface area contributed by atoms with Crippen LogP contribution in [0.3, 0.4) is 0 Å². The summed E-state index contributed by atoms with van der Waals surface area (Å²) in [5, 5.41) is 3.19. The van der Waals surface area contributed by atoms with Crippen LogP contribution in [0.25, 0.3) is 0 Å². The molecule has 7 nitrogen and oxygen atoms in total. The number of ether oxygens (including phenoxy) is 1. The van der Waals surface area contributed by atoms with Crippen molar-refractivity contribution < 1.29 is 13.2 Å². The maximum absolute atomic E-state index is 12.4. The summed E-state index contributed by atoms with van der Waals surface area (Å²) in [7, 11) is 1.96. The van der Waals surface area contributed by atoms with Gasteiger partial charge in [0.1, 0.15) is 4.90 Å². The molecule has 8 heteroatoms. The van der Waals surface area contributed by atoms with E-state index in [0.29, 0.717) is 24.5 Å². The van der Waals surface area contributed by atoms with Crippen LogP contribution in [0.2, 0.25) is 0 Å². The lowest BCUT2D eigenvalue weighted by Crippen LogP contribution is -2.28. The third-order valence-corrected chi connectivity index (χ3v) is 4.74. The molecule has 0 fully saturated rings. The van der Waals surface area contributed by atoms with E-state index in [1.165, 1.54) is 13.2 Å². The molecule has 0 aliphatic carbocycles. The number of sulfonamides is 1. The topological polar surface area (TPSA) is 96.7 Å². The Kier molecular flexibility index (Phi) is 8.32. The van der Waals surface area contributed by atoms with Crippen LogP contribution >= 0.6 is 0 Å². The van der Waals surface area contributed by atoms with E-state index in [4.69, 9.17) is 10.5 Å². The number of nitrogen functional groups attached to an aromatic ring is 1. The van der Waals surface area contributed by atoms with Crippen LogP contribution in [-0.2, 0) is 14.8 Å². The van der Waals surface area contributed by atoms with Crippen LogP contribution < -0.4 is 15.8 Å². The lowest BCUT2D eigenvalue weighted by atomic mass is 10.2. The van der Waals surface area contributed by atoms with E-state index in [1.807, 2.05) is 14.1 Å². The predicted octanol–water partition coefficient (Wildman–Crippen LogP) is 0.947. The van der Waals surface area contributed by atoms with Crippen molar-refractivity contribution in [2.45, 2.75) is 17.7 Å². The van der Waals surface area contributed by atoms with Crippen molar-refractivity contribution in [1.82, 2.24) is 9.62 Å². The fourth-order valence-electron chi connectivity index (χ4n) is 2.04. The highest BCUT2D eigenvalue weighted by atomic mass is 32.2. The minimum absolute atomic E-state index is 0.168. The lowest BCUT2D eigenvalue weighted by molar-refractivity contribution is 0.204. The van der Waals surface area contributed by atoms with Gasteiger partial charge in [-0.3, -0.25) is 0 Å². The third-order valence-electron chi connectivity index (χ3n) is 3.24. The Labute approximate surface area is 139 Å². The summed E-state index contributed by atoms with van der Waals surface area (Å²) >= 11 is 0. The molecule has 1 aromatic rings. The molecule has 0 aliphatic rings. The number of anilines is 2. The summed E-state index contributed by atoms with van der Waals surface area (Å²) in [6, 6.07) is 4.86. The van der Waals surface area contributed by atoms with Crippen molar-refractivity contribution in [1.29, 1.82) is 0 Å². The Morgan fingerprint density at radius 1 is 1.22 bits per heavy atom. The molecule has 0 bridgehead atoms. The number of benzene rings is 1. The number of rotatable bonds is 11. The second kappa shape index (κ2) is 9.71. The maximum atomic E-state index is 12.4. The highest BCUT2D eigenvalue weighted by molar-refractivity contribution is 7.89. The number of nitrogens with one attached hydrogen (secondary N) is 2. The van der Waals surface area contributed by atoms with Gasteiger partial charge >= 0.3 is 0 Å². The van der Waals surface area contributed by atoms with Gasteiger partial charge in [0.2, 0.25) is 10.0 Å². The molecule has 0 aliphatic heterocycles. The normalized spacial score (nSPS) is 11.8. The summed E-state index contributed by atoms with van der Waals surface area (Å²) < 4.78 is 32.2. The number of methoxy groups -OCH3 is 1. The molecular formula is C15H28N4O3S. The quantitative estimate of drug-likeness (QED) is 0.408. The Hall–Kier alpha value is -1.35. The minimum Gasteiger partial charge on any atom is -0.399 e. The lowest BCUT2D eigenvalue weighted by Gasteiger charge is -2.14. The molecule has 0 saturated heterocycles. The number of nitrogens with zero attached hydrogens (tertiary/aromatic N) is 1. The molecule has 0 amide bonds. The van der Waals surface area contributed by atoms with Gasteiger partial charge in [-0.25, -0.2) is 13.1 Å². The van der Waals surface area contributed by atoms with E-state index in [9.17, 15) is 8.42 Å². The molecule has 0 spiro atoms. The predicted molar refractivity (Wildman–Crippen MR) is 94.2 cm³/mol. The second-order valence-corrected chi connectivity index (χ2v) is 7.32. The highest BCUT2D eigenvalue weighted by Crippen LogP contribution is 2.23. The molecule has 0 saturated carbocycles. The van der Waals surface area contributed by atoms with Crippen LogP contribution in [0, 0.1) is 0 Å². The molecule has 0 atom stereocenters. The SMILES string of the molecule is COCCNS(=O)(=O)c1cc(N)ccc1NCCCCN(C)C. The van der Waals surface area contributed by atoms with Gasteiger partial charge in [0.15, 0.2) is 0 Å². The van der Waals surface area contributed by atoms with E-state index in [-0.39, 0.29) is 11.4 Å². The van der Waals surface area contributed by atoms with Crippen LogP contribution in [-0.4, -0.2) is 60.8 Å². The van der Waals surface area contributed by atoms with Crippen LogP contribution in [0.1, 0.15) is 12.8 Å². The fraction of sp³-hybridized carbons (Fsp3) is 0.600. The molecular weight excluding hydrogens is 316 g/mol. The van der Waals surface area contributed by atoms with E-state index in [2.05, 4.69) is 14.9 Å². The van der Waals surface area contributed by atoms with Crippen molar-refractivity contribution >= 4 is 21.4 Å². The molecule has 0 radical (unpaired) electrons. The zero-order valence-corrected chi connectivity index (χ0v) is 14.9. The van der Waals surface area contributed by atoms with Gasteiger partial charge in [-0.1, -0.05) is 0 Å². The first kappa shape index (κ1) is 19.7. The molecule has 132 valence electrons. The van der Waals surface area contributed by atoms with Gasteiger partial charge < -0.3 is 20.7 Å². The van der Waals surface area contributed by atoms with Gasteiger partial charge in [-0.15, -0.1) is 0 Å². The monoisotopic (exact) mass is 344 g/mol. The van der Waals surface area contributed by atoms with Gasteiger partial charge in [-0.05, 0) is 51.7 Å². The van der Waals surface area contributed by atoms with Crippen molar-refractivity contribution in [3.05, 3.63) is 18.2 Å². The van der Waals surface area contributed by atoms with Crippen LogP contribution in [0.5, 0.6) is 0 Å². The molecule has 1 aromatic carbocycles. The average Bonchev–Trinajstić information content (AvgIpc) is 2.48. The molecule has 0 aromatic heterocycles. The van der Waals surface area contributed by atoms with Gasteiger partial charge in [0.05, 0.1) is 12.3 Å². The van der Waals surface area contributed by atoms with Crippen LogP contribution in [0.15, 0.2) is 23.1 Å². The number of nitrogens with two attached hydrogens (primary N) is 1. The first-order valence-electron chi connectivity index (χ1n) is 7.63. The standard InChI is InChI=1S/C15H28N4O3S/c1-19(2)10-5-4-8-17-14-7-6-13(16)12-15(14)23(20,21)18-9-11-22-3/h6-7,12,17-18H,4-5,8-11,16H2,1-3H3. The van der Waals surface area contributed by atoms with Crippen LogP contribution in [0.4, 0.5) is 11.4 Å². The van der Waals surface area contributed by atoms with Crippen molar-refractivity contribution in [3.63, 3.8) is 0 Å². The zero-order chi connectivity index (χ0) is 17.3. The van der Waals surface area contributed by atoms with E-state index < -0.39 is 10.0 Å².